The molecule has 1 N–H and O–H groups in total. The summed E-state index contributed by atoms with van der Waals surface area (Å²) in [6, 6.07) is 8.05. The van der Waals surface area contributed by atoms with Gasteiger partial charge in [0.15, 0.2) is 0 Å². The minimum Gasteiger partial charge on any atom is -0.448 e. The number of carbonyl (C=O) groups excluding carboxylic acids is 3. The van der Waals surface area contributed by atoms with Gasteiger partial charge in [0, 0.05) is 24.3 Å². The zero-order valence-electron chi connectivity index (χ0n) is 15.5. The second kappa shape index (κ2) is 7.67. The smallest absolute Gasteiger partial charge is 0.411 e. The Kier molecular flexibility index (Phi) is 5.06. The van der Waals surface area contributed by atoms with Crippen LogP contribution in [0.4, 0.5) is 10.5 Å². The number of amides is 2. The van der Waals surface area contributed by atoms with E-state index in [1.807, 2.05) is 19.1 Å². The van der Waals surface area contributed by atoms with E-state index in [0.29, 0.717) is 17.0 Å². The number of hydrogen-bond donors (Lipinski definition) is 1. The van der Waals surface area contributed by atoms with Crippen molar-refractivity contribution < 1.29 is 19.1 Å². The topological polar surface area (TPSA) is 101 Å². The first-order chi connectivity index (χ1) is 14.0. The van der Waals surface area contributed by atoms with Gasteiger partial charge in [-0.25, -0.2) is 4.79 Å². The highest BCUT2D eigenvalue weighted by molar-refractivity contribution is 8.02. The predicted molar refractivity (Wildman–Crippen MR) is 108 cm³/mol. The van der Waals surface area contributed by atoms with Gasteiger partial charge in [0.2, 0.25) is 0 Å². The number of aromatic nitrogens is 2. The van der Waals surface area contributed by atoms with E-state index in [4.69, 9.17) is 4.74 Å². The summed E-state index contributed by atoms with van der Waals surface area (Å²) in [4.78, 5) is 46.1. The van der Waals surface area contributed by atoms with Crippen molar-refractivity contribution in [1.29, 1.82) is 0 Å². The van der Waals surface area contributed by atoms with Crippen molar-refractivity contribution in [2.24, 2.45) is 0 Å². The van der Waals surface area contributed by atoms with Gasteiger partial charge in [0.05, 0.1) is 16.0 Å². The number of pyridine rings is 2. The average Bonchev–Trinajstić information content (AvgIpc) is 3.01. The van der Waals surface area contributed by atoms with Crippen LogP contribution in [0.2, 0.25) is 0 Å². The quantitative estimate of drug-likeness (QED) is 0.459. The molecule has 4 heterocycles. The van der Waals surface area contributed by atoms with E-state index < -0.39 is 16.9 Å². The summed E-state index contributed by atoms with van der Waals surface area (Å²) < 4.78 is 4.61. The Morgan fingerprint density at radius 2 is 2.10 bits per heavy atom. The van der Waals surface area contributed by atoms with Crippen LogP contribution in [0.1, 0.15) is 12.6 Å². The van der Waals surface area contributed by atoms with E-state index >= 15 is 0 Å². The molecular formula is C20H18N4O4S. The van der Waals surface area contributed by atoms with Crippen molar-refractivity contribution >= 4 is 41.8 Å². The van der Waals surface area contributed by atoms with E-state index in [9.17, 15) is 14.4 Å². The van der Waals surface area contributed by atoms with Crippen LogP contribution in [-0.4, -0.2) is 55.9 Å². The summed E-state index contributed by atoms with van der Waals surface area (Å²) in [5.41, 5.74) is 1.83. The van der Waals surface area contributed by atoms with E-state index in [1.165, 1.54) is 16.7 Å². The van der Waals surface area contributed by atoms with Gasteiger partial charge in [-0.3, -0.25) is 20.1 Å². The van der Waals surface area contributed by atoms with Crippen molar-refractivity contribution in [3.63, 3.8) is 0 Å². The molecule has 0 bridgehead atoms. The highest BCUT2D eigenvalue weighted by Gasteiger charge is 2.60. The van der Waals surface area contributed by atoms with E-state index in [-0.39, 0.29) is 17.9 Å². The monoisotopic (exact) mass is 410 g/mol. The first-order valence-corrected chi connectivity index (χ1v) is 9.82. The maximum atomic E-state index is 12.6. The fourth-order valence-electron chi connectivity index (χ4n) is 3.34. The van der Waals surface area contributed by atoms with Crippen molar-refractivity contribution in [1.82, 2.24) is 14.9 Å². The Labute approximate surface area is 171 Å². The lowest BCUT2D eigenvalue weighted by atomic mass is 9.95. The third-order valence-electron chi connectivity index (χ3n) is 4.84. The molecule has 29 heavy (non-hydrogen) atoms. The van der Waals surface area contributed by atoms with Gasteiger partial charge in [-0.1, -0.05) is 6.07 Å². The molecule has 0 aliphatic carbocycles. The van der Waals surface area contributed by atoms with Gasteiger partial charge in [-0.05, 0) is 37.3 Å². The van der Waals surface area contributed by atoms with Crippen LogP contribution in [0.15, 0.2) is 54.5 Å². The van der Waals surface area contributed by atoms with Crippen molar-refractivity contribution in [3.8, 4) is 0 Å². The molecule has 2 aliphatic heterocycles. The van der Waals surface area contributed by atoms with Crippen LogP contribution in [0, 0.1) is 0 Å². The Bertz CT molecular complexity index is 969. The number of β-lactam (4-membered cyclic amide) rings is 1. The molecule has 1 unspecified atom stereocenters. The molecule has 0 radical (unpaired) electrons. The number of carbonyl (C=O) groups is 3. The van der Waals surface area contributed by atoms with E-state index in [0.717, 1.165) is 6.29 Å². The molecule has 2 fully saturated rings. The molecule has 2 aliphatic rings. The Balaban J connectivity index is 1.45. The Morgan fingerprint density at radius 3 is 2.79 bits per heavy atom. The molecule has 2 aromatic heterocycles. The SMILES string of the molecule is C[C@@]1(COC(=O)Nc2ccncc2)SC2/C(=C\c3ccccn3)C(=O)N2[C@H]1C=O. The number of aldehydes is 1. The van der Waals surface area contributed by atoms with Crippen LogP contribution in [-0.2, 0) is 14.3 Å². The number of thioether (sulfide) groups is 1. The lowest BCUT2D eigenvalue weighted by molar-refractivity contribution is -0.139. The highest BCUT2D eigenvalue weighted by atomic mass is 32.2. The van der Waals surface area contributed by atoms with Gasteiger partial charge < -0.3 is 14.4 Å². The van der Waals surface area contributed by atoms with Gasteiger partial charge in [-0.2, -0.15) is 0 Å². The highest BCUT2D eigenvalue weighted by Crippen LogP contribution is 2.53. The van der Waals surface area contributed by atoms with Crippen molar-refractivity contribution in [2.45, 2.75) is 23.1 Å². The van der Waals surface area contributed by atoms with Crippen LogP contribution >= 0.6 is 11.8 Å². The van der Waals surface area contributed by atoms with Crippen LogP contribution in [0.25, 0.3) is 6.08 Å². The molecule has 0 saturated carbocycles. The van der Waals surface area contributed by atoms with E-state index in [2.05, 4.69) is 15.3 Å². The second-order valence-electron chi connectivity index (χ2n) is 6.87. The maximum absolute atomic E-state index is 12.6. The van der Waals surface area contributed by atoms with Gasteiger partial charge >= 0.3 is 6.09 Å². The van der Waals surface area contributed by atoms with Crippen LogP contribution in [0.5, 0.6) is 0 Å². The number of hydrogen-bond acceptors (Lipinski definition) is 7. The standard InChI is InChI=1S/C20H18N4O4S/c1-20(12-28-19(27)23-13-5-8-21-9-6-13)16(11-25)24-17(26)15(18(24)29-20)10-14-4-2-3-7-22-14/h2-11,16,18H,12H2,1H3,(H,21,23,27)/b15-10-/t16-,18?,20-/m0/s1. The van der Waals surface area contributed by atoms with Crippen molar-refractivity contribution in [3.05, 3.63) is 60.2 Å². The normalized spacial score (nSPS) is 26.6. The summed E-state index contributed by atoms with van der Waals surface area (Å²) in [5, 5.41) is 2.34. The number of ether oxygens (including phenoxy) is 1. The average molecular weight is 410 g/mol. The number of anilines is 1. The zero-order chi connectivity index (χ0) is 20.4. The molecule has 0 aromatic carbocycles. The summed E-state index contributed by atoms with van der Waals surface area (Å²) in [5.74, 6) is -0.199. The number of rotatable bonds is 5. The summed E-state index contributed by atoms with van der Waals surface area (Å²) in [6.45, 7) is 1.80. The molecule has 2 amide bonds. The molecule has 2 aromatic rings. The van der Waals surface area contributed by atoms with Gasteiger partial charge in [-0.15, -0.1) is 11.8 Å². The number of fused-ring (bicyclic) bond motifs is 1. The van der Waals surface area contributed by atoms with E-state index in [1.54, 1.807) is 42.9 Å². The van der Waals surface area contributed by atoms with Gasteiger partial charge in [0.1, 0.15) is 24.3 Å². The minimum absolute atomic E-state index is 0.0187. The molecule has 8 nitrogen and oxygen atoms in total. The lowest BCUT2D eigenvalue weighted by Crippen LogP contribution is -2.57. The predicted octanol–water partition coefficient (Wildman–Crippen LogP) is 2.35. The third kappa shape index (κ3) is 3.61. The van der Waals surface area contributed by atoms with Crippen molar-refractivity contribution in [2.75, 3.05) is 11.9 Å². The molecule has 4 rings (SSSR count). The number of nitrogens with zero attached hydrogens (tertiary/aromatic N) is 3. The van der Waals surface area contributed by atoms with Gasteiger partial charge in [0.25, 0.3) is 5.91 Å². The molecule has 3 atom stereocenters. The fraction of sp³-hybridized carbons (Fsp3) is 0.250. The second-order valence-corrected chi connectivity index (χ2v) is 8.48. The summed E-state index contributed by atoms with van der Waals surface area (Å²) in [6.07, 6.45) is 6.61. The molecule has 0 spiro atoms. The first kappa shape index (κ1) is 19.1. The Morgan fingerprint density at radius 1 is 1.31 bits per heavy atom. The zero-order valence-corrected chi connectivity index (χ0v) is 16.3. The minimum atomic E-state index is -0.753. The molecule has 148 valence electrons. The number of nitrogens with one attached hydrogen (secondary N) is 1. The fourth-order valence-corrected chi connectivity index (χ4v) is 4.92. The third-order valence-corrected chi connectivity index (χ3v) is 6.45. The molecular weight excluding hydrogens is 392 g/mol. The van der Waals surface area contributed by atoms with Crippen LogP contribution < -0.4 is 5.32 Å². The molecule has 2 saturated heterocycles. The summed E-state index contributed by atoms with van der Waals surface area (Å²) >= 11 is 1.44. The first-order valence-electron chi connectivity index (χ1n) is 8.94. The maximum Gasteiger partial charge on any atom is 0.411 e. The molecule has 9 heteroatoms. The lowest BCUT2D eigenvalue weighted by Gasteiger charge is -2.38. The summed E-state index contributed by atoms with van der Waals surface area (Å²) in [7, 11) is 0. The Hall–Kier alpha value is -3.20. The van der Waals surface area contributed by atoms with Crippen LogP contribution in [0.3, 0.4) is 0 Å². The largest absolute Gasteiger partial charge is 0.448 e.